The molecular weight excluding hydrogens is 362 g/mol. The van der Waals surface area contributed by atoms with Crippen molar-refractivity contribution in [3.05, 3.63) is 42.7 Å². The monoisotopic (exact) mass is 385 g/mol. The number of ether oxygens (including phenoxy) is 1. The third kappa shape index (κ3) is 4.46. The lowest BCUT2D eigenvalue weighted by atomic mass is 10.00. The van der Waals surface area contributed by atoms with Gasteiger partial charge in [-0.2, -0.15) is 0 Å². The van der Waals surface area contributed by atoms with E-state index in [1.807, 2.05) is 30.3 Å². The minimum Gasteiger partial charge on any atom is -0.497 e. The van der Waals surface area contributed by atoms with Crippen LogP contribution < -0.4 is 15.4 Å². The number of rotatable bonds is 5. The molecule has 3 heterocycles. The van der Waals surface area contributed by atoms with Gasteiger partial charge in [0.25, 0.3) is 0 Å². The molecule has 1 aliphatic heterocycles. The van der Waals surface area contributed by atoms with Gasteiger partial charge >= 0.3 is 0 Å². The molecule has 0 bridgehead atoms. The van der Waals surface area contributed by atoms with Crippen molar-refractivity contribution in [2.75, 3.05) is 32.1 Å². The van der Waals surface area contributed by atoms with E-state index in [2.05, 4.69) is 20.6 Å². The lowest BCUT2D eigenvalue weighted by molar-refractivity contribution is 0.392. The minimum absolute atomic E-state index is 0. The fraction of sp³-hybridized carbons (Fsp3) is 0.350. The van der Waals surface area contributed by atoms with Crippen molar-refractivity contribution in [3.8, 4) is 17.0 Å². The Labute approximate surface area is 165 Å². The molecule has 1 fully saturated rings. The summed E-state index contributed by atoms with van der Waals surface area (Å²) in [6.07, 6.45) is 5.90. The summed E-state index contributed by atoms with van der Waals surface area (Å²) in [5.74, 6) is 2.24. The molecule has 1 atom stereocenters. The summed E-state index contributed by atoms with van der Waals surface area (Å²) >= 11 is 0. The fourth-order valence-electron chi connectivity index (χ4n) is 3.34. The second-order valence-electron chi connectivity index (χ2n) is 6.60. The van der Waals surface area contributed by atoms with Gasteiger partial charge in [0.2, 0.25) is 0 Å². The predicted octanol–water partition coefficient (Wildman–Crippen LogP) is 3.53. The van der Waals surface area contributed by atoms with E-state index in [0.717, 1.165) is 53.5 Å². The van der Waals surface area contributed by atoms with Gasteiger partial charge in [-0.05, 0) is 62.2 Å². The third-order valence-corrected chi connectivity index (χ3v) is 4.80. The van der Waals surface area contributed by atoms with Crippen LogP contribution in [-0.2, 0) is 0 Å². The average molecular weight is 386 g/mol. The van der Waals surface area contributed by atoms with Gasteiger partial charge < -0.3 is 15.4 Å². The first-order valence-corrected chi connectivity index (χ1v) is 9.04. The summed E-state index contributed by atoms with van der Waals surface area (Å²) in [4.78, 5) is 13.8. The van der Waals surface area contributed by atoms with Crippen LogP contribution in [0, 0.1) is 5.92 Å². The van der Waals surface area contributed by atoms with Gasteiger partial charge in [0.05, 0.1) is 18.3 Å². The second kappa shape index (κ2) is 8.97. The fourth-order valence-corrected chi connectivity index (χ4v) is 3.34. The number of pyridine rings is 1. The van der Waals surface area contributed by atoms with Gasteiger partial charge in [0, 0.05) is 24.5 Å². The molecule has 0 amide bonds. The minimum atomic E-state index is 0. The Morgan fingerprint density at radius 2 is 2.00 bits per heavy atom. The quantitative estimate of drug-likeness (QED) is 0.700. The zero-order chi connectivity index (χ0) is 17.8. The molecule has 6 nitrogen and oxygen atoms in total. The molecule has 1 aliphatic rings. The highest BCUT2D eigenvalue weighted by atomic mass is 35.5. The van der Waals surface area contributed by atoms with Crippen LogP contribution in [0.15, 0.2) is 42.7 Å². The number of halogens is 1. The van der Waals surface area contributed by atoms with E-state index in [-0.39, 0.29) is 12.4 Å². The third-order valence-electron chi connectivity index (χ3n) is 4.80. The van der Waals surface area contributed by atoms with E-state index in [9.17, 15) is 0 Å². The van der Waals surface area contributed by atoms with Gasteiger partial charge in [0.1, 0.15) is 11.3 Å². The van der Waals surface area contributed by atoms with Crippen LogP contribution >= 0.6 is 12.4 Å². The van der Waals surface area contributed by atoms with E-state index >= 15 is 0 Å². The molecule has 27 heavy (non-hydrogen) atoms. The number of hydrogen-bond donors (Lipinski definition) is 2. The molecule has 0 saturated carbocycles. The first-order chi connectivity index (χ1) is 12.8. The normalized spacial score (nSPS) is 16.6. The number of anilines is 1. The summed E-state index contributed by atoms with van der Waals surface area (Å²) < 4.78 is 5.24. The van der Waals surface area contributed by atoms with E-state index in [0.29, 0.717) is 5.92 Å². The van der Waals surface area contributed by atoms with Crippen molar-refractivity contribution in [2.24, 2.45) is 5.92 Å². The van der Waals surface area contributed by atoms with E-state index in [1.165, 1.54) is 12.8 Å². The van der Waals surface area contributed by atoms with Crippen LogP contribution in [-0.4, -0.2) is 41.7 Å². The largest absolute Gasteiger partial charge is 0.497 e. The van der Waals surface area contributed by atoms with Gasteiger partial charge in [-0.15, -0.1) is 12.4 Å². The summed E-state index contributed by atoms with van der Waals surface area (Å²) in [6, 6.07) is 9.89. The molecular formula is C20H24ClN5O. The van der Waals surface area contributed by atoms with Crippen molar-refractivity contribution < 1.29 is 4.74 Å². The molecule has 0 radical (unpaired) electrons. The Kier molecular flexibility index (Phi) is 6.42. The predicted molar refractivity (Wildman–Crippen MR) is 111 cm³/mol. The smallest absolute Gasteiger partial charge is 0.154 e. The molecule has 3 aromatic rings. The summed E-state index contributed by atoms with van der Waals surface area (Å²) in [6.45, 7) is 3.06. The maximum atomic E-state index is 5.24. The topological polar surface area (TPSA) is 72.0 Å². The number of benzene rings is 1. The average Bonchev–Trinajstić information content (AvgIpc) is 2.72. The van der Waals surface area contributed by atoms with Crippen molar-refractivity contribution in [1.82, 2.24) is 20.3 Å². The Hall–Kier alpha value is -2.44. The van der Waals surface area contributed by atoms with Crippen molar-refractivity contribution in [1.29, 1.82) is 0 Å². The summed E-state index contributed by atoms with van der Waals surface area (Å²) in [5.41, 5.74) is 3.57. The number of aromatic nitrogens is 3. The molecule has 1 aromatic carbocycles. The van der Waals surface area contributed by atoms with E-state index < -0.39 is 0 Å². The Bertz CT molecular complexity index is 881. The highest BCUT2D eigenvalue weighted by Gasteiger charge is 2.15. The highest BCUT2D eigenvalue weighted by Crippen LogP contribution is 2.27. The van der Waals surface area contributed by atoms with Crippen LogP contribution in [0.25, 0.3) is 22.3 Å². The molecule has 1 saturated heterocycles. The van der Waals surface area contributed by atoms with E-state index in [1.54, 1.807) is 19.5 Å². The Balaban J connectivity index is 0.00000210. The molecule has 2 N–H and O–H groups in total. The zero-order valence-electron chi connectivity index (χ0n) is 15.3. The number of hydrogen-bond acceptors (Lipinski definition) is 6. The molecule has 2 aromatic heterocycles. The maximum absolute atomic E-state index is 5.24. The highest BCUT2D eigenvalue weighted by molar-refractivity contribution is 5.88. The number of piperidine rings is 1. The van der Waals surface area contributed by atoms with Crippen LogP contribution in [0.1, 0.15) is 12.8 Å². The Morgan fingerprint density at radius 1 is 1.19 bits per heavy atom. The van der Waals surface area contributed by atoms with Crippen LogP contribution in [0.5, 0.6) is 5.75 Å². The summed E-state index contributed by atoms with van der Waals surface area (Å²) in [7, 11) is 1.67. The van der Waals surface area contributed by atoms with Crippen molar-refractivity contribution in [3.63, 3.8) is 0 Å². The molecule has 4 rings (SSSR count). The first-order valence-electron chi connectivity index (χ1n) is 9.04. The zero-order valence-corrected chi connectivity index (χ0v) is 16.1. The van der Waals surface area contributed by atoms with Crippen LogP contribution in [0.4, 0.5) is 5.82 Å². The number of methoxy groups -OCH3 is 1. The first kappa shape index (κ1) is 19.3. The molecule has 0 spiro atoms. The SMILES string of the molecule is COc1ccc(-c2cc3nccnc3c(NC[C@H]3CCCNC3)n2)cc1.Cl. The maximum Gasteiger partial charge on any atom is 0.154 e. The summed E-state index contributed by atoms with van der Waals surface area (Å²) in [5, 5.41) is 6.97. The van der Waals surface area contributed by atoms with Crippen molar-refractivity contribution >= 4 is 29.3 Å². The van der Waals surface area contributed by atoms with Gasteiger partial charge in [0.15, 0.2) is 5.82 Å². The number of nitrogens with one attached hydrogen (secondary N) is 2. The van der Waals surface area contributed by atoms with Crippen molar-refractivity contribution in [2.45, 2.75) is 12.8 Å². The Morgan fingerprint density at radius 3 is 2.74 bits per heavy atom. The second-order valence-corrected chi connectivity index (χ2v) is 6.60. The van der Waals surface area contributed by atoms with Gasteiger partial charge in [-0.25, -0.2) is 9.97 Å². The van der Waals surface area contributed by atoms with Crippen LogP contribution in [0.2, 0.25) is 0 Å². The van der Waals surface area contributed by atoms with E-state index in [4.69, 9.17) is 9.72 Å². The van der Waals surface area contributed by atoms with Gasteiger partial charge in [-0.1, -0.05) is 0 Å². The standard InChI is InChI=1S/C20H23N5O.ClH/c1-26-16-6-4-15(5-7-16)17-11-18-19(23-10-9-22-18)20(25-17)24-13-14-3-2-8-21-12-14;/h4-7,9-11,14,21H,2-3,8,12-13H2,1H3,(H,24,25);1H/t14-;/m0./s1. The molecule has 0 aliphatic carbocycles. The van der Waals surface area contributed by atoms with Crippen LogP contribution in [0.3, 0.4) is 0 Å². The molecule has 0 unspecified atom stereocenters. The molecule has 7 heteroatoms. The lowest BCUT2D eigenvalue weighted by Crippen LogP contribution is -2.33. The van der Waals surface area contributed by atoms with Gasteiger partial charge in [-0.3, -0.25) is 4.98 Å². The number of fused-ring (bicyclic) bond motifs is 1. The number of nitrogens with zero attached hydrogens (tertiary/aromatic N) is 3. The molecule has 142 valence electrons. The lowest BCUT2D eigenvalue weighted by Gasteiger charge is -2.23.